The first-order chi connectivity index (χ1) is 12.1. The second kappa shape index (κ2) is 8.34. The van der Waals surface area contributed by atoms with Crippen molar-refractivity contribution in [1.29, 1.82) is 0 Å². The summed E-state index contributed by atoms with van der Waals surface area (Å²) in [6.45, 7) is 7.15. The van der Waals surface area contributed by atoms with Crippen LogP contribution in [-0.2, 0) is 4.79 Å². The van der Waals surface area contributed by atoms with E-state index in [2.05, 4.69) is 22.1 Å². The number of carbonyl (C=O) groups is 1. The van der Waals surface area contributed by atoms with Crippen molar-refractivity contribution in [2.45, 2.75) is 26.2 Å². The number of aliphatic imine (C=N–C) groups is 1. The van der Waals surface area contributed by atoms with Crippen molar-refractivity contribution < 1.29 is 4.79 Å². The number of guanidine groups is 1. The Labute approximate surface area is 150 Å². The molecule has 0 unspecified atom stereocenters. The van der Waals surface area contributed by atoms with E-state index < -0.39 is 0 Å². The number of rotatable bonds is 5. The predicted octanol–water partition coefficient (Wildman–Crippen LogP) is 1.67. The fraction of sp³-hybridized carbons (Fsp3) is 0.579. The number of anilines is 1. The molecule has 0 radical (unpaired) electrons. The third kappa shape index (κ3) is 4.95. The second-order valence-corrected chi connectivity index (χ2v) is 7.05. The molecule has 1 saturated carbocycles. The Morgan fingerprint density at radius 3 is 2.48 bits per heavy atom. The van der Waals surface area contributed by atoms with Crippen molar-refractivity contribution in [3.05, 3.63) is 29.8 Å². The normalized spacial score (nSPS) is 19.6. The third-order valence-electron chi connectivity index (χ3n) is 5.16. The first-order valence-corrected chi connectivity index (χ1v) is 9.26. The highest BCUT2D eigenvalue weighted by Gasteiger charge is 2.30. The first kappa shape index (κ1) is 17.7. The number of carbonyl (C=O) groups excluding carboxylic acids is 1. The van der Waals surface area contributed by atoms with Crippen molar-refractivity contribution in [3.8, 4) is 0 Å². The molecular weight excluding hydrogens is 314 g/mol. The number of nitrogens with zero attached hydrogens (tertiary/aromatic N) is 3. The van der Waals surface area contributed by atoms with Gasteiger partial charge in [-0.1, -0.05) is 24.1 Å². The molecule has 6 nitrogen and oxygen atoms in total. The summed E-state index contributed by atoms with van der Waals surface area (Å²) in [5.41, 5.74) is 8.12. The van der Waals surface area contributed by atoms with Gasteiger partial charge in [0.15, 0.2) is 5.96 Å². The van der Waals surface area contributed by atoms with Gasteiger partial charge < -0.3 is 16.0 Å². The molecule has 0 bridgehead atoms. The van der Waals surface area contributed by atoms with Crippen LogP contribution < -0.4 is 11.1 Å². The average molecular weight is 343 g/mol. The summed E-state index contributed by atoms with van der Waals surface area (Å²) in [5, 5.41) is 3.11. The van der Waals surface area contributed by atoms with Crippen LogP contribution in [0.2, 0.25) is 0 Å². The summed E-state index contributed by atoms with van der Waals surface area (Å²) in [6.07, 6.45) is 3.38. The Balaban J connectivity index is 1.36. The van der Waals surface area contributed by atoms with Crippen LogP contribution in [0.4, 0.5) is 5.69 Å². The molecule has 6 heteroatoms. The maximum absolute atomic E-state index is 12.2. The van der Waals surface area contributed by atoms with E-state index in [1.165, 1.54) is 12.0 Å². The van der Waals surface area contributed by atoms with E-state index in [0.717, 1.165) is 51.3 Å². The molecular formula is C19H29N5O. The van der Waals surface area contributed by atoms with Crippen LogP contribution >= 0.6 is 0 Å². The summed E-state index contributed by atoms with van der Waals surface area (Å²) in [4.78, 5) is 21.0. The second-order valence-electron chi connectivity index (χ2n) is 7.05. The van der Waals surface area contributed by atoms with Gasteiger partial charge in [0.2, 0.25) is 5.91 Å². The van der Waals surface area contributed by atoms with Crippen molar-refractivity contribution >= 4 is 17.6 Å². The highest BCUT2D eigenvalue weighted by Crippen LogP contribution is 2.28. The molecule has 3 rings (SSSR count). The highest BCUT2D eigenvalue weighted by molar-refractivity contribution is 5.92. The fourth-order valence-electron chi connectivity index (χ4n) is 3.24. The molecule has 1 aliphatic carbocycles. The molecule has 2 aliphatic rings. The number of piperazine rings is 1. The van der Waals surface area contributed by atoms with Gasteiger partial charge in [0, 0.05) is 44.3 Å². The molecule has 1 heterocycles. The Hall–Kier alpha value is -2.08. The summed E-state index contributed by atoms with van der Waals surface area (Å²) >= 11 is 0. The van der Waals surface area contributed by atoms with Crippen LogP contribution in [0, 0.1) is 12.8 Å². The standard InChI is InChI=1S/C19H29N5O/c1-15-5-7-17(8-6-15)22-19(20)21-9-10-23-11-13-24(14-12-23)18(25)16-3-2-4-16/h5-8,16H,2-4,9-14H2,1H3,(H3,20,21,22). The zero-order valence-electron chi connectivity index (χ0n) is 15.1. The zero-order valence-corrected chi connectivity index (χ0v) is 15.1. The quantitative estimate of drug-likeness (QED) is 0.630. The van der Waals surface area contributed by atoms with Crippen molar-refractivity contribution in [3.63, 3.8) is 0 Å². The van der Waals surface area contributed by atoms with Crippen LogP contribution in [0.3, 0.4) is 0 Å². The summed E-state index contributed by atoms with van der Waals surface area (Å²) < 4.78 is 0. The van der Waals surface area contributed by atoms with Gasteiger partial charge in [-0.25, -0.2) is 0 Å². The van der Waals surface area contributed by atoms with Crippen molar-refractivity contribution in [1.82, 2.24) is 9.80 Å². The van der Waals surface area contributed by atoms with Gasteiger partial charge in [0.1, 0.15) is 0 Å². The minimum Gasteiger partial charge on any atom is -0.370 e. The molecule has 1 saturated heterocycles. The van der Waals surface area contributed by atoms with E-state index in [4.69, 9.17) is 5.73 Å². The zero-order chi connectivity index (χ0) is 17.6. The molecule has 1 aliphatic heterocycles. The minimum absolute atomic E-state index is 0.309. The average Bonchev–Trinajstić information content (AvgIpc) is 2.56. The molecule has 1 aromatic carbocycles. The van der Waals surface area contributed by atoms with E-state index in [1.54, 1.807) is 0 Å². The molecule has 3 N–H and O–H groups in total. The Kier molecular flexibility index (Phi) is 5.91. The van der Waals surface area contributed by atoms with E-state index in [0.29, 0.717) is 24.3 Å². The fourth-order valence-corrected chi connectivity index (χ4v) is 3.24. The van der Waals surface area contributed by atoms with Gasteiger partial charge >= 0.3 is 0 Å². The maximum atomic E-state index is 12.2. The van der Waals surface area contributed by atoms with Crippen LogP contribution in [-0.4, -0.2) is 60.9 Å². The van der Waals surface area contributed by atoms with Crippen molar-refractivity contribution in [2.75, 3.05) is 44.6 Å². The molecule has 25 heavy (non-hydrogen) atoms. The van der Waals surface area contributed by atoms with Crippen LogP contribution in [0.25, 0.3) is 0 Å². The van der Waals surface area contributed by atoms with Gasteiger partial charge in [-0.05, 0) is 31.9 Å². The van der Waals surface area contributed by atoms with Gasteiger partial charge in [0.25, 0.3) is 0 Å². The van der Waals surface area contributed by atoms with Gasteiger partial charge in [-0.15, -0.1) is 0 Å². The van der Waals surface area contributed by atoms with E-state index in [-0.39, 0.29) is 0 Å². The summed E-state index contributed by atoms with van der Waals surface area (Å²) in [5.74, 6) is 1.13. The van der Waals surface area contributed by atoms with Crippen molar-refractivity contribution in [2.24, 2.45) is 16.6 Å². The molecule has 1 amide bonds. The van der Waals surface area contributed by atoms with E-state index >= 15 is 0 Å². The molecule has 2 fully saturated rings. The third-order valence-corrected chi connectivity index (χ3v) is 5.16. The van der Waals surface area contributed by atoms with Crippen LogP contribution in [0.5, 0.6) is 0 Å². The lowest BCUT2D eigenvalue weighted by molar-refractivity contribution is -0.139. The molecule has 0 aromatic heterocycles. The smallest absolute Gasteiger partial charge is 0.225 e. The number of aryl methyl sites for hydroxylation is 1. The lowest BCUT2D eigenvalue weighted by Gasteiger charge is -2.38. The highest BCUT2D eigenvalue weighted by atomic mass is 16.2. The lowest BCUT2D eigenvalue weighted by Crippen LogP contribution is -2.51. The molecule has 0 atom stereocenters. The molecule has 1 aromatic rings. The van der Waals surface area contributed by atoms with E-state index in [1.807, 2.05) is 29.2 Å². The molecule has 136 valence electrons. The Bertz CT molecular complexity index is 601. The first-order valence-electron chi connectivity index (χ1n) is 9.26. The topological polar surface area (TPSA) is 74.0 Å². The molecule has 0 spiro atoms. The van der Waals surface area contributed by atoms with Gasteiger partial charge in [0.05, 0.1) is 6.54 Å². The van der Waals surface area contributed by atoms with Crippen LogP contribution in [0.15, 0.2) is 29.3 Å². The van der Waals surface area contributed by atoms with E-state index in [9.17, 15) is 4.79 Å². The lowest BCUT2D eigenvalue weighted by atomic mass is 9.84. The number of nitrogens with one attached hydrogen (secondary N) is 1. The maximum Gasteiger partial charge on any atom is 0.225 e. The Morgan fingerprint density at radius 1 is 1.20 bits per heavy atom. The number of nitrogens with two attached hydrogens (primary N) is 1. The predicted molar refractivity (Wildman–Crippen MR) is 102 cm³/mol. The number of hydrogen-bond acceptors (Lipinski definition) is 3. The number of amides is 1. The number of benzene rings is 1. The largest absolute Gasteiger partial charge is 0.370 e. The summed E-state index contributed by atoms with van der Waals surface area (Å²) in [7, 11) is 0. The van der Waals surface area contributed by atoms with Gasteiger partial charge in [-0.3, -0.25) is 14.7 Å². The van der Waals surface area contributed by atoms with Gasteiger partial charge in [-0.2, -0.15) is 0 Å². The monoisotopic (exact) mass is 343 g/mol. The SMILES string of the molecule is Cc1ccc(NC(N)=NCCN2CCN(C(=O)C3CCC3)CC2)cc1. The Morgan fingerprint density at radius 2 is 1.88 bits per heavy atom. The minimum atomic E-state index is 0.309. The number of hydrogen-bond donors (Lipinski definition) is 2. The van der Waals surface area contributed by atoms with Crippen LogP contribution in [0.1, 0.15) is 24.8 Å². The summed E-state index contributed by atoms with van der Waals surface area (Å²) in [6, 6.07) is 8.08.